The van der Waals surface area contributed by atoms with Crippen LogP contribution in [-0.4, -0.2) is 50.0 Å². The van der Waals surface area contributed by atoms with E-state index in [1.165, 1.54) is 40.9 Å². The number of aliphatic carboxylic acids is 1. The Hall–Kier alpha value is -0.624. The number of benzene rings is 1. The molecule has 2 aliphatic heterocycles. The number of aromatic hydroxyl groups is 1. The molecule has 0 saturated carbocycles. The summed E-state index contributed by atoms with van der Waals surface area (Å²) in [4.78, 5) is 37.3. The number of phenols is 1. The number of hydrogen-bond donors (Lipinski definition) is 3. The Morgan fingerprint density at radius 1 is 1.35 bits per heavy atom. The molecule has 0 radical (unpaired) electrons. The zero-order valence-corrected chi connectivity index (χ0v) is 18.6. The van der Waals surface area contributed by atoms with Crippen LogP contribution in [0.15, 0.2) is 24.3 Å². The van der Waals surface area contributed by atoms with Gasteiger partial charge in [-0.15, -0.1) is 11.8 Å². The van der Waals surface area contributed by atoms with Gasteiger partial charge in [-0.3, -0.25) is 9.59 Å². The predicted molar refractivity (Wildman–Crippen MR) is 88.1 cm³/mol. The minimum atomic E-state index is -1.31. The molecule has 2 amide bonds. The van der Waals surface area contributed by atoms with E-state index < -0.39 is 46.0 Å². The predicted octanol–water partition coefficient (Wildman–Crippen LogP) is -4.31. The quantitative estimate of drug-likeness (QED) is 0.342. The first-order valence-electron chi connectivity index (χ1n) is 7.69. The molecule has 2 aliphatic rings. The number of nitrogens with zero attached hydrogens (tertiary/aromatic N) is 1. The van der Waals surface area contributed by atoms with Crippen molar-refractivity contribution < 1.29 is 76.0 Å². The van der Waals surface area contributed by atoms with Gasteiger partial charge >= 0.3 is 51.4 Å². The molecule has 0 bridgehead atoms. The second-order valence-corrected chi connectivity index (χ2v) is 8.41. The monoisotopic (exact) mass is 403 g/mol. The standard InChI is InChI=1S/C16H19N3O5S.K/c1-16(2)11(15(23)24)19-13(22)10(14(19)25-16)18-12(21)9(17)7-3-5-8(20)6-4-7;/h3-6,9-11,14,20H,17H2,1-2H3,(H,18,21)(H,23,24);/q;+1/p-1/t9?,10-,11?,14-;/m1./s1. The van der Waals surface area contributed by atoms with E-state index in [1.54, 1.807) is 13.8 Å². The topological polar surface area (TPSA) is 136 Å². The van der Waals surface area contributed by atoms with Crippen LogP contribution in [0.3, 0.4) is 0 Å². The van der Waals surface area contributed by atoms with Gasteiger partial charge in [0.15, 0.2) is 0 Å². The molecule has 0 aromatic heterocycles. The molecule has 2 saturated heterocycles. The molecule has 4 N–H and O–H groups in total. The van der Waals surface area contributed by atoms with Gasteiger partial charge in [-0.1, -0.05) is 12.1 Å². The number of nitrogens with two attached hydrogens (primary N) is 1. The maximum Gasteiger partial charge on any atom is 1.00 e. The smallest absolute Gasteiger partial charge is 0.548 e. The van der Waals surface area contributed by atoms with Crippen LogP contribution in [0.5, 0.6) is 5.75 Å². The molecule has 0 spiro atoms. The summed E-state index contributed by atoms with van der Waals surface area (Å²) in [6.07, 6.45) is 0. The largest absolute Gasteiger partial charge is 1.00 e. The van der Waals surface area contributed by atoms with Gasteiger partial charge in [-0.25, -0.2) is 0 Å². The van der Waals surface area contributed by atoms with Crippen molar-refractivity contribution in [3.63, 3.8) is 0 Å². The molecular formula is C16H18KN3O5S. The van der Waals surface area contributed by atoms with Gasteiger partial charge in [0.05, 0.1) is 12.0 Å². The molecule has 8 nitrogen and oxygen atoms in total. The van der Waals surface area contributed by atoms with E-state index in [9.17, 15) is 24.6 Å². The van der Waals surface area contributed by atoms with Crippen LogP contribution in [0, 0.1) is 0 Å². The van der Waals surface area contributed by atoms with E-state index in [4.69, 9.17) is 5.73 Å². The molecule has 3 rings (SSSR count). The molecule has 2 fully saturated rings. The number of nitrogens with one attached hydrogen (secondary N) is 1. The van der Waals surface area contributed by atoms with Crippen molar-refractivity contribution in [2.45, 2.75) is 42.1 Å². The maximum absolute atomic E-state index is 12.3. The fourth-order valence-electron chi connectivity index (χ4n) is 3.20. The third-order valence-corrected chi connectivity index (χ3v) is 6.07. The molecule has 10 heteroatoms. The van der Waals surface area contributed by atoms with Gasteiger partial charge in [0.2, 0.25) is 11.8 Å². The Balaban J connectivity index is 0.00000243. The SMILES string of the molecule is CC1(C)S[C@@H]2[C@H](NC(=O)C(N)c3ccc(O)cc3)C(=O)N2C1C(=O)[O-].[K+]. The number of carboxylic acid groups (broad SMARTS) is 1. The number of hydrogen-bond acceptors (Lipinski definition) is 7. The molecule has 2 heterocycles. The summed E-state index contributed by atoms with van der Waals surface area (Å²) >= 11 is 1.31. The second kappa shape index (κ2) is 7.78. The van der Waals surface area contributed by atoms with Gasteiger partial charge in [0.25, 0.3) is 0 Å². The average Bonchev–Trinajstić information content (AvgIpc) is 2.80. The zero-order chi connectivity index (χ0) is 18.5. The molecule has 26 heavy (non-hydrogen) atoms. The van der Waals surface area contributed by atoms with Crippen molar-refractivity contribution in [2.24, 2.45) is 5.73 Å². The fourth-order valence-corrected chi connectivity index (χ4v) is 4.82. The van der Waals surface area contributed by atoms with E-state index in [0.29, 0.717) is 5.56 Å². The Morgan fingerprint density at radius 3 is 2.46 bits per heavy atom. The van der Waals surface area contributed by atoms with E-state index >= 15 is 0 Å². The number of carbonyl (C=O) groups excluding carboxylic acids is 3. The van der Waals surface area contributed by atoms with Crippen LogP contribution in [0.25, 0.3) is 0 Å². The fraction of sp³-hybridized carbons (Fsp3) is 0.438. The number of amides is 2. The Labute approximate surface area is 197 Å². The van der Waals surface area contributed by atoms with Gasteiger partial charge in [-0.2, -0.15) is 0 Å². The molecule has 4 atom stereocenters. The Bertz CT molecular complexity index is 742. The van der Waals surface area contributed by atoms with Crippen molar-refractivity contribution >= 4 is 29.5 Å². The first-order valence-corrected chi connectivity index (χ1v) is 8.57. The Morgan fingerprint density at radius 2 is 1.92 bits per heavy atom. The first kappa shape index (κ1) is 21.7. The van der Waals surface area contributed by atoms with Gasteiger partial charge in [0, 0.05) is 4.75 Å². The molecule has 0 aliphatic carbocycles. The number of fused-ring (bicyclic) bond motifs is 1. The van der Waals surface area contributed by atoms with Gasteiger partial charge in [0.1, 0.15) is 23.2 Å². The number of carboxylic acids is 1. The van der Waals surface area contributed by atoms with Crippen molar-refractivity contribution in [3.8, 4) is 5.75 Å². The summed E-state index contributed by atoms with van der Waals surface area (Å²) in [5.74, 6) is -2.25. The molecular weight excluding hydrogens is 385 g/mol. The van der Waals surface area contributed by atoms with Crippen LogP contribution >= 0.6 is 11.8 Å². The van der Waals surface area contributed by atoms with E-state index in [2.05, 4.69) is 5.32 Å². The summed E-state index contributed by atoms with van der Waals surface area (Å²) < 4.78 is -0.711. The van der Waals surface area contributed by atoms with E-state index in [-0.39, 0.29) is 57.1 Å². The third kappa shape index (κ3) is 3.68. The number of carbonyl (C=O) groups is 3. The van der Waals surface area contributed by atoms with Crippen molar-refractivity contribution in [2.75, 3.05) is 0 Å². The minimum absolute atomic E-state index is 0. The molecule has 134 valence electrons. The summed E-state index contributed by atoms with van der Waals surface area (Å²) in [6.45, 7) is 3.45. The summed E-state index contributed by atoms with van der Waals surface area (Å²) in [7, 11) is 0. The average molecular weight is 404 g/mol. The number of thioether (sulfide) groups is 1. The summed E-state index contributed by atoms with van der Waals surface area (Å²) in [5, 5.41) is 22.8. The first-order chi connectivity index (χ1) is 11.6. The molecule has 1 aromatic rings. The molecule has 1 aromatic carbocycles. The normalized spacial score (nSPS) is 27.0. The third-order valence-electron chi connectivity index (χ3n) is 4.50. The van der Waals surface area contributed by atoms with Crippen LogP contribution in [0.1, 0.15) is 25.5 Å². The minimum Gasteiger partial charge on any atom is -0.548 e. The van der Waals surface area contributed by atoms with Crippen LogP contribution in [0.4, 0.5) is 0 Å². The van der Waals surface area contributed by atoms with E-state index in [1.807, 2.05) is 0 Å². The molecule has 2 unspecified atom stereocenters. The van der Waals surface area contributed by atoms with Crippen molar-refractivity contribution in [1.82, 2.24) is 10.2 Å². The summed E-state index contributed by atoms with van der Waals surface area (Å²) in [6, 6.07) is 3.02. The van der Waals surface area contributed by atoms with Crippen LogP contribution in [-0.2, 0) is 14.4 Å². The maximum atomic E-state index is 12.3. The van der Waals surface area contributed by atoms with Gasteiger partial charge in [-0.05, 0) is 31.5 Å². The zero-order valence-electron chi connectivity index (χ0n) is 14.6. The van der Waals surface area contributed by atoms with Crippen LogP contribution in [0.2, 0.25) is 0 Å². The summed E-state index contributed by atoms with van der Waals surface area (Å²) in [5.41, 5.74) is 6.39. The van der Waals surface area contributed by atoms with Crippen molar-refractivity contribution in [1.29, 1.82) is 0 Å². The second-order valence-electron chi connectivity index (χ2n) is 6.63. The van der Waals surface area contributed by atoms with Crippen LogP contribution < -0.4 is 67.5 Å². The number of rotatable bonds is 4. The van der Waals surface area contributed by atoms with E-state index in [0.717, 1.165) is 0 Å². The number of β-lactam (4-membered cyclic amide) rings is 1. The van der Waals surface area contributed by atoms with Gasteiger partial charge < -0.3 is 31.0 Å². The Kier molecular flexibility index (Phi) is 6.49. The number of phenolic OH excluding ortho intramolecular Hbond substituents is 1. The van der Waals surface area contributed by atoms with Crippen molar-refractivity contribution in [3.05, 3.63) is 29.8 Å².